The second-order valence-corrected chi connectivity index (χ2v) is 6.41. The van der Waals surface area contributed by atoms with Gasteiger partial charge in [-0.25, -0.2) is 4.79 Å². The molecule has 3 rings (SSSR count). The van der Waals surface area contributed by atoms with E-state index in [2.05, 4.69) is 15.2 Å². The molecule has 0 unspecified atom stereocenters. The number of methoxy groups -OCH3 is 1. The van der Waals surface area contributed by atoms with Crippen LogP contribution in [0, 0.1) is 6.92 Å². The predicted octanol–water partition coefficient (Wildman–Crippen LogP) is 3.59. The van der Waals surface area contributed by atoms with E-state index in [-0.39, 0.29) is 23.7 Å². The van der Waals surface area contributed by atoms with Crippen LogP contribution in [0.1, 0.15) is 32.4 Å². The van der Waals surface area contributed by atoms with Gasteiger partial charge in [0.05, 0.1) is 12.8 Å². The maximum absolute atomic E-state index is 12.4. The van der Waals surface area contributed by atoms with Gasteiger partial charge in [-0.1, -0.05) is 11.6 Å². The minimum atomic E-state index is -0.650. The van der Waals surface area contributed by atoms with Crippen LogP contribution in [0.3, 0.4) is 0 Å². The number of hydrogen-bond donors (Lipinski definition) is 1. The molecule has 9 heteroatoms. The zero-order valence-electron chi connectivity index (χ0n) is 15.5. The first-order valence-corrected chi connectivity index (χ1v) is 8.66. The Labute approximate surface area is 166 Å². The summed E-state index contributed by atoms with van der Waals surface area (Å²) in [5, 5.41) is 7.20. The standard InChI is InChI=1S/C19H18ClN3O5/c1-11-8-12(20)4-6-15(11)27-10-13-5-7-16(28-13)18(24)21-14-9-23(2)22-17(14)19(25)26-3/h4-9H,10H2,1-3H3,(H,21,24). The monoisotopic (exact) mass is 403 g/mol. The highest BCUT2D eigenvalue weighted by Crippen LogP contribution is 2.23. The molecule has 0 radical (unpaired) electrons. The third kappa shape index (κ3) is 4.34. The lowest BCUT2D eigenvalue weighted by Gasteiger charge is -2.07. The molecule has 2 heterocycles. The highest BCUT2D eigenvalue weighted by molar-refractivity contribution is 6.30. The zero-order valence-corrected chi connectivity index (χ0v) is 16.2. The molecule has 28 heavy (non-hydrogen) atoms. The van der Waals surface area contributed by atoms with Crippen LogP contribution >= 0.6 is 11.6 Å². The van der Waals surface area contributed by atoms with Crippen molar-refractivity contribution in [2.45, 2.75) is 13.5 Å². The Hall–Kier alpha value is -3.26. The van der Waals surface area contributed by atoms with Crippen molar-refractivity contribution in [2.24, 2.45) is 7.05 Å². The van der Waals surface area contributed by atoms with E-state index in [9.17, 15) is 9.59 Å². The van der Waals surface area contributed by atoms with Gasteiger partial charge < -0.3 is 19.2 Å². The van der Waals surface area contributed by atoms with Crippen LogP contribution in [0.15, 0.2) is 40.9 Å². The number of nitrogens with one attached hydrogen (secondary N) is 1. The van der Waals surface area contributed by atoms with Crippen molar-refractivity contribution in [3.63, 3.8) is 0 Å². The van der Waals surface area contributed by atoms with E-state index in [1.54, 1.807) is 31.3 Å². The number of rotatable bonds is 6. The maximum Gasteiger partial charge on any atom is 0.360 e. The van der Waals surface area contributed by atoms with Crippen molar-refractivity contribution < 1.29 is 23.5 Å². The average molecular weight is 404 g/mol. The molecule has 0 aliphatic carbocycles. The highest BCUT2D eigenvalue weighted by Gasteiger charge is 2.20. The smallest absolute Gasteiger partial charge is 0.360 e. The summed E-state index contributed by atoms with van der Waals surface area (Å²) in [5.74, 6) is 0.0460. The second kappa shape index (κ2) is 8.18. The minimum Gasteiger partial charge on any atom is -0.485 e. The van der Waals surface area contributed by atoms with Gasteiger partial charge >= 0.3 is 5.97 Å². The van der Waals surface area contributed by atoms with Crippen molar-refractivity contribution in [1.82, 2.24) is 9.78 Å². The van der Waals surface area contributed by atoms with Crippen molar-refractivity contribution in [2.75, 3.05) is 12.4 Å². The number of carbonyl (C=O) groups is 2. The zero-order chi connectivity index (χ0) is 20.3. The number of aromatic nitrogens is 2. The van der Waals surface area contributed by atoms with Gasteiger partial charge in [-0.15, -0.1) is 0 Å². The topological polar surface area (TPSA) is 95.6 Å². The summed E-state index contributed by atoms with van der Waals surface area (Å²) >= 11 is 5.93. The SMILES string of the molecule is COC(=O)c1nn(C)cc1NC(=O)c1ccc(COc2ccc(Cl)cc2C)o1. The van der Waals surface area contributed by atoms with Gasteiger partial charge in [0.1, 0.15) is 18.1 Å². The molecule has 3 aromatic rings. The third-order valence-corrected chi connectivity index (χ3v) is 4.08. The molecule has 1 N–H and O–H groups in total. The van der Waals surface area contributed by atoms with E-state index >= 15 is 0 Å². The van der Waals surface area contributed by atoms with Crippen LogP contribution in [0.25, 0.3) is 0 Å². The lowest BCUT2D eigenvalue weighted by Crippen LogP contribution is -2.14. The number of nitrogens with zero attached hydrogens (tertiary/aromatic N) is 2. The summed E-state index contributed by atoms with van der Waals surface area (Å²) in [7, 11) is 2.87. The van der Waals surface area contributed by atoms with Gasteiger partial charge in [-0.05, 0) is 42.8 Å². The Bertz CT molecular complexity index is 1020. The molecule has 146 valence electrons. The quantitative estimate of drug-likeness (QED) is 0.632. The van der Waals surface area contributed by atoms with Crippen LogP contribution < -0.4 is 10.1 Å². The predicted molar refractivity (Wildman–Crippen MR) is 102 cm³/mol. The highest BCUT2D eigenvalue weighted by atomic mass is 35.5. The maximum atomic E-state index is 12.4. The molecule has 0 spiro atoms. The Morgan fingerprint density at radius 3 is 2.79 bits per heavy atom. The molecular formula is C19H18ClN3O5. The minimum absolute atomic E-state index is 0.00618. The van der Waals surface area contributed by atoms with Gasteiger partial charge in [-0.2, -0.15) is 5.10 Å². The molecule has 2 aromatic heterocycles. The summed E-state index contributed by atoms with van der Waals surface area (Å²) in [5.41, 5.74) is 1.13. The Morgan fingerprint density at radius 2 is 2.07 bits per heavy atom. The molecular weight excluding hydrogens is 386 g/mol. The van der Waals surface area contributed by atoms with E-state index in [4.69, 9.17) is 20.8 Å². The van der Waals surface area contributed by atoms with E-state index in [1.165, 1.54) is 24.1 Å². The molecule has 0 atom stereocenters. The summed E-state index contributed by atoms with van der Waals surface area (Å²) in [6.07, 6.45) is 1.50. The van der Waals surface area contributed by atoms with Crippen molar-refractivity contribution in [3.05, 3.63) is 64.3 Å². The number of furan rings is 1. The summed E-state index contributed by atoms with van der Waals surface area (Å²) < 4.78 is 17.3. The molecule has 1 aromatic carbocycles. The van der Waals surface area contributed by atoms with Gasteiger partial charge in [0.25, 0.3) is 5.91 Å². The molecule has 0 aliphatic heterocycles. The average Bonchev–Trinajstić information content (AvgIpc) is 3.27. The van der Waals surface area contributed by atoms with E-state index in [0.717, 1.165) is 5.56 Å². The number of benzene rings is 1. The number of carbonyl (C=O) groups excluding carboxylic acids is 2. The summed E-state index contributed by atoms with van der Waals surface area (Å²) in [6, 6.07) is 8.47. The number of aryl methyl sites for hydroxylation is 2. The van der Waals surface area contributed by atoms with Crippen molar-refractivity contribution in [1.29, 1.82) is 0 Å². The fourth-order valence-electron chi connectivity index (χ4n) is 2.51. The molecule has 0 saturated heterocycles. The van der Waals surface area contributed by atoms with E-state index < -0.39 is 11.9 Å². The number of anilines is 1. The number of ether oxygens (including phenoxy) is 2. The van der Waals surface area contributed by atoms with Gasteiger partial charge in [0.15, 0.2) is 11.5 Å². The molecule has 0 bridgehead atoms. The number of amides is 1. The van der Waals surface area contributed by atoms with Crippen LogP contribution in [-0.4, -0.2) is 28.8 Å². The first-order valence-electron chi connectivity index (χ1n) is 8.28. The normalized spacial score (nSPS) is 10.6. The molecule has 0 fully saturated rings. The molecule has 8 nitrogen and oxygen atoms in total. The van der Waals surface area contributed by atoms with Crippen molar-refractivity contribution in [3.8, 4) is 5.75 Å². The van der Waals surface area contributed by atoms with Crippen LogP contribution in [0.5, 0.6) is 5.75 Å². The molecule has 0 saturated carbocycles. The Balaban J connectivity index is 1.67. The number of esters is 1. The Morgan fingerprint density at radius 1 is 1.29 bits per heavy atom. The van der Waals surface area contributed by atoms with Gasteiger partial charge in [0, 0.05) is 18.3 Å². The summed E-state index contributed by atoms with van der Waals surface area (Å²) in [6.45, 7) is 2.03. The lowest BCUT2D eigenvalue weighted by atomic mass is 10.2. The summed E-state index contributed by atoms with van der Waals surface area (Å²) in [4.78, 5) is 24.2. The Kier molecular flexibility index (Phi) is 5.70. The fourth-order valence-corrected chi connectivity index (χ4v) is 2.74. The second-order valence-electron chi connectivity index (χ2n) is 5.98. The van der Waals surface area contributed by atoms with Crippen LogP contribution in [0.4, 0.5) is 5.69 Å². The molecule has 0 aliphatic rings. The lowest BCUT2D eigenvalue weighted by molar-refractivity contribution is 0.0594. The van der Waals surface area contributed by atoms with E-state index in [0.29, 0.717) is 16.5 Å². The van der Waals surface area contributed by atoms with Crippen molar-refractivity contribution >= 4 is 29.2 Å². The van der Waals surface area contributed by atoms with Gasteiger partial charge in [-0.3, -0.25) is 9.48 Å². The number of halogens is 1. The van der Waals surface area contributed by atoms with Gasteiger partial charge in [0.2, 0.25) is 0 Å². The first-order chi connectivity index (χ1) is 13.4. The van der Waals surface area contributed by atoms with Crippen LogP contribution in [-0.2, 0) is 18.4 Å². The largest absolute Gasteiger partial charge is 0.485 e. The third-order valence-electron chi connectivity index (χ3n) is 3.85. The molecule has 1 amide bonds. The van der Waals surface area contributed by atoms with E-state index in [1.807, 2.05) is 6.92 Å². The number of hydrogen-bond acceptors (Lipinski definition) is 6. The fraction of sp³-hybridized carbons (Fsp3) is 0.211. The first kappa shape index (κ1) is 19.5. The van der Waals surface area contributed by atoms with Crippen LogP contribution in [0.2, 0.25) is 5.02 Å².